The molecule has 0 aromatic heterocycles. The molecule has 0 fully saturated rings. The van der Waals surface area contributed by atoms with Gasteiger partial charge in [-0.2, -0.15) is 6.08 Å². The van der Waals surface area contributed by atoms with Crippen LogP contribution in [0.4, 0.5) is 0 Å². The van der Waals surface area contributed by atoms with Crippen LogP contribution in [0.25, 0.3) is 0 Å². The van der Waals surface area contributed by atoms with E-state index in [1.807, 2.05) is 12.2 Å². The van der Waals surface area contributed by atoms with Crippen LogP contribution in [0.1, 0.15) is 6.42 Å². The Labute approximate surface area is 126 Å². The molecule has 1 rings (SSSR count). The minimum atomic E-state index is 0. The molecule has 0 spiro atoms. The number of hydrogen-bond acceptors (Lipinski definition) is 0. The van der Waals surface area contributed by atoms with Crippen LogP contribution in [0.3, 0.4) is 0 Å². The monoisotopic (exact) mass is 296 g/mol. The number of hydrogen-bond donors (Lipinski definition) is 0. The van der Waals surface area contributed by atoms with Gasteiger partial charge in [-0.1, -0.05) is 0 Å². The number of allylic oxidation sites excluding steroid dienone is 4. The Morgan fingerprint density at radius 3 is 1.21 bits per heavy atom. The van der Waals surface area contributed by atoms with E-state index in [9.17, 15) is 0 Å². The summed E-state index contributed by atoms with van der Waals surface area (Å²) in [5.74, 6) is 0. The van der Waals surface area contributed by atoms with Crippen molar-refractivity contribution in [1.29, 1.82) is 0 Å². The third-order valence-corrected chi connectivity index (χ3v) is 0.586. The van der Waals surface area contributed by atoms with Gasteiger partial charge in [0.25, 0.3) is 0 Å². The van der Waals surface area contributed by atoms with Crippen LogP contribution in [-0.2, 0) is 21.7 Å². The average Bonchev–Trinajstić information content (AvgIpc) is 1.76. The summed E-state index contributed by atoms with van der Waals surface area (Å²) >= 11 is 0. The summed E-state index contributed by atoms with van der Waals surface area (Å²) in [6.07, 6.45) is 10.0. The number of halogens is 3. The molecule has 0 nitrogen and oxygen atoms in total. The molecule has 0 saturated heterocycles. The van der Waals surface area contributed by atoms with Crippen molar-refractivity contribution < 1.29 is 21.7 Å². The maximum absolute atomic E-state index is 2.99. The summed E-state index contributed by atoms with van der Waals surface area (Å²) in [7, 11) is 0. The van der Waals surface area contributed by atoms with E-state index in [4.69, 9.17) is 0 Å². The van der Waals surface area contributed by atoms with E-state index in [2.05, 4.69) is 12.2 Å². The molecule has 1 aliphatic rings. The topological polar surface area (TPSA) is 0 Å². The molecule has 94 valence electrons. The van der Waals surface area contributed by atoms with Gasteiger partial charge in [0.15, 0.2) is 0 Å². The normalized spacial score (nSPS) is 6.29. The van der Waals surface area contributed by atoms with Crippen molar-refractivity contribution in [2.45, 2.75) is 6.42 Å². The average molecular weight is 298 g/mol. The second-order valence-corrected chi connectivity index (χ2v) is 1.00. The van der Waals surface area contributed by atoms with Crippen molar-refractivity contribution in [2.24, 2.45) is 0 Å². The predicted octanol–water partition coefficient (Wildman–Crippen LogP) is 4.82. The Balaban J connectivity index is -0.00000000397. The second-order valence-electron chi connectivity index (χ2n) is 1.00. The first kappa shape index (κ1) is 81.0. The number of rotatable bonds is 0. The fourth-order valence-electron chi connectivity index (χ4n) is 0.340. The quantitative estimate of drug-likeness (QED) is 0.444. The molecule has 0 saturated carbocycles. The molecule has 0 atom stereocenters. The van der Waals surface area contributed by atoms with E-state index in [0.717, 1.165) is 6.42 Å². The summed E-state index contributed by atoms with van der Waals surface area (Å²) in [5.41, 5.74) is 0. The minimum absolute atomic E-state index is 0. The molecular formula is C10H23Cl3Ti-6. The third kappa shape index (κ3) is 51.7. The van der Waals surface area contributed by atoms with Crippen molar-refractivity contribution in [3.63, 3.8) is 0 Å². The summed E-state index contributed by atoms with van der Waals surface area (Å²) < 4.78 is 0. The summed E-state index contributed by atoms with van der Waals surface area (Å²) in [4.78, 5) is 0. The van der Waals surface area contributed by atoms with Crippen LogP contribution in [0.2, 0.25) is 0 Å². The fourth-order valence-corrected chi connectivity index (χ4v) is 0.340. The Morgan fingerprint density at radius 1 is 0.786 bits per heavy atom. The van der Waals surface area contributed by atoms with Gasteiger partial charge < -0.3 is 37.1 Å². The molecule has 0 aromatic rings. The van der Waals surface area contributed by atoms with Gasteiger partial charge in [-0.25, -0.2) is 12.2 Å². The Bertz CT molecular complexity index is 73.4. The van der Waals surface area contributed by atoms with Crippen molar-refractivity contribution in [3.8, 4) is 0 Å². The summed E-state index contributed by atoms with van der Waals surface area (Å²) in [5, 5.41) is 0. The molecule has 0 N–H and O–H groups in total. The van der Waals surface area contributed by atoms with Crippen LogP contribution in [0.5, 0.6) is 0 Å². The van der Waals surface area contributed by atoms with Gasteiger partial charge in [0.05, 0.1) is 0 Å². The van der Waals surface area contributed by atoms with Gasteiger partial charge in [0, 0.05) is 21.7 Å². The van der Waals surface area contributed by atoms with E-state index < -0.39 is 0 Å². The first-order valence-corrected chi connectivity index (χ1v) is 1.72. The standard InChI is InChI=1S/C5H5.5CH3.3ClH.Ti/c1-2-4-5-3-1;;;;;;;;;/h1-3H,4H2;5*1H3;3*1H;/q6*-1;;;;. The van der Waals surface area contributed by atoms with Crippen LogP contribution >= 0.6 is 37.2 Å². The zero-order valence-electron chi connectivity index (χ0n) is 9.66. The Morgan fingerprint density at radius 2 is 1.14 bits per heavy atom. The SMILES string of the molecule is Cl.Cl.Cl.[C-]1=CC=CC1.[CH3-].[CH3-].[CH3-].[CH3-].[CH3-].[Ti]. The van der Waals surface area contributed by atoms with Gasteiger partial charge in [0.2, 0.25) is 0 Å². The maximum atomic E-state index is 2.99. The van der Waals surface area contributed by atoms with Gasteiger partial charge in [-0.15, -0.1) is 43.6 Å². The van der Waals surface area contributed by atoms with E-state index in [0.29, 0.717) is 0 Å². The minimum Gasteiger partial charge on any atom is -0.358 e. The molecule has 0 heterocycles. The van der Waals surface area contributed by atoms with Crippen molar-refractivity contribution in [1.82, 2.24) is 0 Å². The van der Waals surface area contributed by atoms with E-state index in [1.165, 1.54) is 0 Å². The van der Waals surface area contributed by atoms with Crippen molar-refractivity contribution >= 4 is 37.2 Å². The van der Waals surface area contributed by atoms with Crippen LogP contribution < -0.4 is 0 Å². The summed E-state index contributed by atoms with van der Waals surface area (Å²) in [6.45, 7) is 0. The second kappa shape index (κ2) is 65.3. The van der Waals surface area contributed by atoms with Gasteiger partial charge in [0.1, 0.15) is 0 Å². The molecule has 1 aliphatic carbocycles. The predicted molar refractivity (Wildman–Crippen MR) is 75.4 cm³/mol. The van der Waals surface area contributed by atoms with Gasteiger partial charge >= 0.3 is 0 Å². The van der Waals surface area contributed by atoms with E-state index >= 15 is 0 Å². The third-order valence-electron chi connectivity index (χ3n) is 0.586. The molecule has 4 heteroatoms. The van der Waals surface area contributed by atoms with Crippen molar-refractivity contribution in [2.75, 3.05) is 0 Å². The Kier molecular flexibility index (Phi) is 378. The first-order valence-electron chi connectivity index (χ1n) is 1.72. The zero-order chi connectivity index (χ0) is 3.54. The van der Waals surface area contributed by atoms with Gasteiger partial charge in [-0.05, 0) is 0 Å². The molecular weight excluding hydrogens is 274 g/mol. The molecule has 0 unspecified atom stereocenters. The van der Waals surface area contributed by atoms with E-state index in [-0.39, 0.29) is 96.1 Å². The van der Waals surface area contributed by atoms with Crippen molar-refractivity contribution in [3.05, 3.63) is 61.4 Å². The molecule has 0 amide bonds. The van der Waals surface area contributed by atoms with Crippen LogP contribution in [0.15, 0.2) is 18.2 Å². The van der Waals surface area contributed by atoms with Crippen LogP contribution in [0, 0.1) is 43.2 Å². The van der Waals surface area contributed by atoms with Gasteiger partial charge in [-0.3, -0.25) is 6.08 Å². The molecule has 0 bridgehead atoms. The maximum Gasteiger partial charge on any atom is 0 e. The fraction of sp³-hybridized carbons (Fsp3) is 0.100. The molecule has 0 aromatic carbocycles. The Hall–Kier alpha value is 1.06. The largest absolute Gasteiger partial charge is 0.358 e. The molecule has 0 aliphatic heterocycles. The first-order chi connectivity index (χ1) is 2.50. The smallest absolute Gasteiger partial charge is 0 e. The zero-order valence-corrected chi connectivity index (χ0v) is 13.7. The van der Waals surface area contributed by atoms with Crippen LogP contribution in [-0.4, -0.2) is 0 Å². The molecule has 14 heavy (non-hydrogen) atoms. The van der Waals surface area contributed by atoms with E-state index in [1.54, 1.807) is 0 Å². The molecule has 0 radical (unpaired) electrons. The summed E-state index contributed by atoms with van der Waals surface area (Å²) in [6, 6.07) is 0.